The Hall–Kier alpha value is -3.17. The van der Waals surface area contributed by atoms with Crippen LogP contribution in [-0.2, 0) is 4.79 Å². The molecule has 0 radical (unpaired) electrons. The number of rotatable bonds is 7. The highest BCUT2D eigenvalue weighted by atomic mass is 35.5. The Kier molecular flexibility index (Phi) is 6.85. The maximum Gasteiger partial charge on any atom is 0.222 e. The summed E-state index contributed by atoms with van der Waals surface area (Å²) in [5.74, 6) is 1.50. The highest BCUT2D eigenvalue weighted by molar-refractivity contribution is 6.31. The molecule has 2 fully saturated rings. The van der Waals surface area contributed by atoms with Gasteiger partial charge in [-0.25, -0.2) is 14.4 Å². The fraction of sp³-hybridized carbons (Fsp3) is 0.423. The van der Waals surface area contributed by atoms with Gasteiger partial charge in [0.1, 0.15) is 24.6 Å². The lowest BCUT2D eigenvalue weighted by molar-refractivity contribution is -0.126. The molecule has 10 heteroatoms. The van der Waals surface area contributed by atoms with E-state index in [-0.39, 0.29) is 16.3 Å². The Balaban J connectivity index is 1.26. The van der Waals surface area contributed by atoms with E-state index < -0.39 is 5.82 Å². The lowest BCUT2D eigenvalue weighted by Crippen LogP contribution is -2.42. The molecule has 1 aromatic heterocycles. The van der Waals surface area contributed by atoms with Gasteiger partial charge in [0.15, 0.2) is 11.5 Å². The van der Waals surface area contributed by atoms with Gasteiger partial charge in [0.25, 0.3) is 0 Å². The first-order chi connectivity index (χ1) is 17.4. The molecule has 8 nitrogen and oxygen atoms in total. The first-order valence-electron chi connectivity index (χ1n) is 12.0. The molecule has 5 rings (SSSR count). The molecular weight excluding hydrogens is 485 g/mol. The molecule has 0 unspecified atom stereocenters. The monoisotopic (exact) mass is 513 g/mol. The van der Waals surface area contributed by atoms with Crippen LogP contribution in [0.4, 0.5) is 15.9 Å². The SMILES string of the molecule is COc1cc2ncnc(Nc3ccc(F)c(Cl)c3)c2cc1OCCN1CCC2(CC1)CC(=O)N(C)C2. The third-order valence-corrected chi connectivity index (χ3v) is 7.50. The Labute approximate surface area is 214 Å². The lowest BCUT2D eigenvalue weighted by atomic mass is 9.77. The molecule has 2 saturated heterocycles. The maximum atomic E-state index is 13.6. The number of carbonyl (C=O) groups is 1. The number of ether oxygens (including phenoxy) is 2. The number of methoxy groups -OCH3 is 1. The molecule has 3 heterocycles. The van der Waals surface area contributed by atoms with Gasteiger partial charge >= 0.3 is 0 Å². The maximum absolute atomic E-state index is 13.6. The number of aromatic nitrogens is 2. The molecule has 0 aliphatic carbocycles. The number of piperidine rings is 1. The van der Waals surface area contributed by atoms with Crippen molar-refractivity contribution in [1.29, 1.82) is 0 Å². The molecule has 0 bridgehead atoms. The van der Waals surface area contributed by atoms with Crippen LogP contribution in [-0.4, -0.2) is 72.6 Å². The summed E-state index contributed by atoms with van der Waals surface area (Å²) in [4.78, 5) is 25.0. The summed E-state index contributed by atoms with van der Waals surface area (Å²) in [6.45, 7) is 4.07. The van der Waals surface area contributed by atoms with Crippen LogP contribution in [0.25, 0.3) is 10.9 Å². The molecule has 36 heavy (non-hydrogen) atoms. The average Bonchev–Trinajstić information content (AvgIpc) is 3.15. The zero-order valence-corrected chi connectivity index (χ0v) is 21.1. The molecule has 0 atom stereocenters. The molecular formula is C26H29ClFN5O3. The van der Waals surface area contributed by atoms with Crippen molar-refractivity contribution < 1.29 is 18.7 Å². The van der Waals surface area contributed by atoms with Crippen molar-refractivity contribution >= 4 is 39.9 Å². The summed E-state index contributed by atoms with van der Waals surface area (Å²) < 4.78 is 25.3. The minimum Gasteiger partial charge on any atom is -0.493 e. The van der Waals surface area contributed by atoms with E-state index in [0.717, 1.165) is 44.4 Å². The average molecular weight is 514 g/mol. The van der Waals surface area contributed by atoms with Crippen LogP contribution in [0, 0.1) is 11.2 Å². The first-order valence-corrected chi connectivity index (χ1v) is 12.4. The number of hydrogen-bond donors (Lipinski definition) is 1. The number of halogens is 2. The third-order valence-electron chi connectivity index (χ3n) is 7.21. The Morgan fingerprint density at radius 2 is 1.97 bits per heavy atom. The van der Waals surface area contributed by atoms with Crippen LogP contribution in [0.15, 0.2) is 36.7 Å². The van der Waals surface area contributed by atoms with E-state index in [1.54, 1.807) is 13.2 Å². The van der Waals surface area contributed by atoms with Crippen molar-refractivity contribution in [3.8, 4) is 11.5 Å². The summed E-state index contributed by atoms with van der Waals surface area (Å²) in [5, 5.41) is 3.95. The van der Waals surface area contributed by atoms with Gasteiger partial charge in [-0.1, -0.05) is 11.6 Å². The first kappa shape index (κ1) is 24.5. The molecule has 2 aromatic carbocycles. The number of nitrogens with one attached hydrogen (secondary N) is 1. The quantitative estimate of drug-likeness (QED) is 0.498. The Morgan fingerprint density at radius 1 is 1.17 bits per heavy atom. The van der Waals surface area contributed by atoms with E-state index in [1.165, 1.54) is 18.5 Å². The molecule has 1 spiro atoms. The van der Waals surface area contributed by atoms with Crippen LogP contribution in [0.2, 0.25) is 5.02 Å². The van der Waals surface area contributed by atoms with Crippen molar-refractivity contribution in [3.63, 3.8) is 0 Å². The number of amides is 1. The number of nitrogens with zero attached hydrogens (tertiary/aromatic N) is 4. The number of anilines is 2. The van der Waals surface area contributed by atoms with E-state index in [2.05, 4.69) is 20.2 Å². The number of benzene rings is 2. The Morgan fingerprint density at radius 3 is 2.67 bits per heavy atom. The molecule has 3 aromatic rings. The van der Waals surface area contributed by atoms with E-state index in [9.17, 15) is 9.18 Å². The van der Waals surface area contributed by atoms with Crippen molar-refractivity contribution in [3.05, 3.63) is 47.5 Å². The number of fused-ring (bicyclic) bond motifs is 1. The Bertz CT molecular complexity index is 1280. The third kappa shape index (κ3) is 5.03. The van der Waals surface area contributed by atoms with Gasteiger partial charge in [0, 0.05) is 43.7 Å². The van der Waals surface area contributed by atoms with Crippen LogP contribution in [0.3, 0.4) is 0 Å². The largest absolute Gasteiger partial charge is 0.493 e. The molecule has 190 valence electrons. The van der Waals surface area contributed by atoms with Gasteiger partial charge in [-0.2, -0.15) is 0 Å². The normalized spacial score (nSPS) is 17.7. The van der Waals surface area contributed by atoms with Crippen molar-refractivity contribution in [1.82, 2.24) is 19.8 Å². The van der Waals surface area contributed by atoms with Crippen molar-refractivity contribution in [2.45, 2.75) is 19.3 Å². The highest BCUT2D eigenvalue weighted by Crippen LogP contribution is 2.40. The van der Waals surface area contributed by atoms with Gasteiger partial charge in [-0.05, 0) is 55.6 Å². The minimum absolute atomic E-state index is 0.0271. The van der Waals surface area contributed by atoms with Crippen LogP contribution in [0.1, 0.15) is 19.3 Å². The molecule has 1 amide bonds. The minimum atomic E-state index is -0.483. The van der Waals surface area contributed by atoms with E-state index >= 15 is 0 Å². The fourth-order valence-corrected chi connectivity index (χ4v) is 5.30. The second kappa shape index (κ2) is 10.1. The summed E-state index contributed by atoms with van der Waals surface area (Å²) >= 11 is 5.93. The summed E-state index contributed by atoms with van der Waals surface area (Å²) in [6, 6.07) is 8.07. The second-order valence-electron chi connectivity index (χ2n) is 9.61. The lowest BCUT2D eigenvalue weighted by Gasteiger charge is -2.38. The standard InChI is InChI=1S/C26H29ClFN5O3/c1-32-15-26(14-24(32)34)5-7-33(8-6-26)9-10-36-23-12-18-21(13-22(23)35-2)29-16-30-25(18)31-17-3-4-20(28)19(27)11-17/h3-4,11-13,16H,5-10,14-15H2,1-2H3,(H,29,30,31). The van der Waals surface area contributed by atoms with E-state index in [0.29, 0.717) is 41.5 Å². The molecule has 2 aliphatic heterocycles. The van der Waals surface area contributed by atoms with Gasteiger partial charge in [-0.15, -0.1) is 0 Å². The van der Waals surface area contributed by atoms with Gasteiger partial charge < -0.3 is 19.7 Å². The number of likely N-dealkylation sites (tertiary alicyclic amines) is 2. The molecule has 2 aliphatic rings. The highest BCUT2D eigenvalue weighted by Gasteiger charge is 2.43. The van der Waals surface area contributed by atoms with Crippen LogP contribution < -0.4 is 14.8 Å². The summed E-state index contributed by atoms with van der Waals surface area (Å²) in [6.07, 6.45) is 4.18. The number of hydrogen-bond acceptors (Lipinski definition) is 7. The van der Waals surface area contributed by atoms with Gasteiger partial charge in [0.2, 0.25) is 5.91 Å². The van der Waals surface area contributed by atoms with Crippen molar-refractivity contribution in [2.75, 3.05) is 52.3 Å². The fourth-order valence-electron chi connectivity index (χ4n) is 5.12. The van der Waals surface area contributed by atoms with Gasteiger partial charge in [-0.3, -0.25) is 9.69 Å². The summed E-state index contributed by atoms with van der Waals surface area (Å²) in [7, 11) is 3.49. The van der Waals surface area contributed by atoms with Crippen LogP contribution in [0.5, 0.6) is 11.5 Å². The topological polar surface area (TPSA) is 79.8 Å². The molecule has 1 N–H and O–H groups in total. The smallest absolute Gasteiger partial charge is 0.222 e. The zero-order chi connectivity index (χ0) is 25.3. The predicted molar refractivity (Wildman–Crippen MR) is 137 cm³/mol. The molecule has 0 saturated carbocycles. The number of carbonyl (C=O) groups excluding carboxylic acids is 1. The zero-order valence-electron chi connectivity index (χ0n) is 20.4. The van der Waals surface area contributed by atoms with E-state index in [4.69, 9.17) is 21.1 Å². The van der Waals surface area contributed by atoms with Crippen molar-refractivity contribution in [2.24, 2.45) is 5.41 Å². The summed E-state index contributed by atoms with van der Waals surface area (Å²) in [5.41, 5.74) is 1.43. The van der Waals surface area contributed by atoms with Crippen LogP contribution >= 0.6 is 11.6 Å². The van der Waals surface area contributed by atoms with E-state index in [1.807, 2.05) is 24.1 Å². The van der Waals surface area contributed by atoms with Gasteiger partial charge in [0.05, 0.1) is 17.6 Å². The second-order valence-corrected chi connectivity index (χ2v) is 10.0. The predicted octanol–water partition coefficient (Wildman–Crippen LogP) is 4.50.